The molecule has 2 aromatic carbocycles. The van der Waals surface area contributed by atoms with E-state index in [1.165, 1.54) is 6.42 Å². The minimum Gasteiger partial charge on any atom is -0.507 e. The van der Waals surface area contributed by atoms with E-state index < -0.39 is 0 Å². The number of aryl methyl sites for hydroxylation is 2. The van der Waals surface area contributed by atoms with Gasteiger partial charge in [0.25, 0.3) is 5.56 Å². The second-order valence-electron chi connectivity index (χ2n) is 7.43. The number of hydrogen-bond acceptors (Lipinski definition) is 3. The third kappa shape index (κ3) is 4.42. The van der Waals surface area contributed by atoms with Crippen LogP contribution in [0.4, 0.5) is 0 Å². The van der Waals surface area contributed by atoms with Crippen molar-refractivity contribution in [2.75, 3.05) is 0 Å². The SMILES string of the molecule is CCCCCCn1c(C)nc(-c2ccccc2O)c(-c2ccccc2CC)c1=O. The third-order valence-electron chi connectivity index (χ3n) is 5.42. The molecule has 0 radical (unpaired) electrons. The van der Waals surface area contributed by atoms with Gasteiger partial charge in [-0.3, -0.25) is 9.36 Å². The second-order valence-corrected chi connectivity index (χ2v) is 7.43. The number of rotatable bonds is 8. The lowest BCUT2D eigenvalue weighted by atomic mass is 9.94. The zero-order valence-corrected chi connectivity index (χ0v) is 17.6. The molecule has 0 atom stereocenters. The fourth-order valence-corrected chi connectivity index (χ4v) is 3.81. The van der Waals surface area contributed by atoms with Crippen LogP contribution in [0, 0.1) is 6.92 Å². The van der Waals surface area contributed by atoms with Gasteiger partial charge in [0.1, 0.15) is 11.6 Å². The zero-order chi connectivity index (χ0) is 20.8. The summed E-state index contributed by atoms with van der Waals surface area (Å²) in [4.78, 5) is 18.5. The van der Waals surface area contributed by atoms with Crippen LogP contribution in [0.5, 0.6) is 5.75 Å². The summed E-state index contributed by atoms with van der Waals surface area (Å²) in [5, 5.41) is 10.5. The van der Waals surface area contributed by atoms with E-state index in [0.717, 1.165) is 36.8 Å². The molecule has 0 fully saturated rings. The number of phenols is 1. The summed E-state index contributed by atoms with van der Waals surface area (Å²) < 4.78 is 1.79. The van der Waals surface area contributed by atoms with E-state index in [9.17, 15) is 9.90 Å². The third-order valence-corrected chi connectivity index (χ3v) is 5.42. The fraction of sp³-hybridized carbons (Fsp3) is 0.360. The number of phenolic OH excluding ortho intramolecular Hbond substituents is 1. The maximum absolute atomic E-state index is 13.7. The molecule has 1 aromatic heterocycles. The monoisotopic (exact) mass is 390 g/mol. The number of benzene rings is 2. The number of hydrogen-bond donors (Lipinski definition) is 1. The van der Waals surface area contributed by atoms with Crippen molar-refractivity contribution in [2.45, 2.75) is 59.4 Å². The highest BCUT2D eigenvalue weighted by Crippen LogP contribution is 2.35. The Balaban J connectivity index is 2.24. The zero-order valence-electron chi connectivity index (χ0n) is 17.6. The van der Waals surface area contributed by atoms with Crippen molar-refractivity contribution in [2.24, 2.45) is 0 Å². The first kappa shape index (κ1) is 20.8. The Morgan fingerprint density at radius 2 is 1.62 bits per heavy atom. The molecule has 1 N–H and O–H groups in total. The molecule has 152 valence electrons. The van der Waals surface area contributed by atoms with Crippen molar-refractivity contribution in [3.63, 3.8) is 0 Å². The van der Waals surface area contributed by atoms with Gasteiger partial charge in [-0.15, -0.1) is 0 Å². The Labute approximate surface area is 172 Å². The van der Waals surface area contributed by atoms with Crippen molar-refractivity contribution >= 4 is 0 Å². The van der Waals surface area contributed by atoms with Crippen LogP contribution in [-0.4, -0.2) is 14.7 Å². The van der Waals surface area contributed by atoms with Gasteiger partial charge in [0.15, 0.2) is 0 Å². The van der Waals surface area contributed by atoms with E-state index in [1.54, 1.807) is 16.7 Å². The van der Waals surface area contributed by atoms with E-state index in [4.69, 9.17) is 4.98 Å². The first-order chi connectivity index (χ1) is 14.1. The summed E-state index contributed by atoms with van der Waals surface area (Å²) >= 11 is 0. The first-order valence-electron chi connectivity index (χ1n) is 10.6. The molecule has 0 unspecified atom stereocenters. The molecule has 1 heterocycles. The highest BCUT2D eigenvalue weighted by molar-refractivity contribution is 5.84. The summed E-state index contributed by atoms with van der Waals surface area (Å²) in [5.41, 5.74) is 3.68. The van der Waals surface area contributed by atoms with Gasteiger partial charge in [-0.1, -0.05) is 69.5 Å². The molecule has 29 heavy (non-hydrogen) atoms. The molecule has 0 bridgehead atoms. The molecule has 4 heteroatoms. The van der Waals surface area contributed by atoms with Crippen molar-refractivity contribution in [3.8, 4) is 28.1 Å². The first-order valence-corrected chi connectivity index (χ1v) is 10.6. The largest absolute Gasteiger partial charge is 0.507 e. The van der Waals surface area contributed by atoms with Crippen molar-refractivity contribution in [1.82, 2.24) is 9.55 Å². The molecule has 0 amide bonds. The fourth-order valence-electron chi connectivity index (χ4n) is 3.81. The number of nitrogens with zero attached hydrogens (tertiary/aromatic N) is 2. The van der Waals surface area contributed by atoms with E-state index in [-0.39, 0.29) is 11.3 Å². The predicted octanol–water partition coefficient (Wildman–Crippen LogP) is 5.73. The summed E-state index contributed by atoms with van der Waals surface area (Å²) in [6, 6.07) is 15.1. The van der Waals surface area contributed by atoms with Gasteiger partial charge in [-0.25, -0.2) is 4.98 Å². The minimum atomic E-state index is -0.0341. The Morgan fingerprint density at radius 1 is 0.931 bits per heavy atom. The van der Waals surface area contributed by atoms with Gasteiger partial charge in [-0.2, -0.15) is 0 Å². The van der Waals surface area contributed by atoms with E-state index in [1.807, 2.05) is 37.3 Å². The van der Waals surface area contributed by atoms with Gasteiger partial charge in [-0.05, 0) is 43.0 Å². The highest BCUT2D eigenvalue weighted by atomic mass is 16.3. The van der Waals surface area contributed by atoms with Crippen LogP contribution in [0.25, 0.3) is 22.4 Å². The second kappa shape index (κ2) is 9.55. The summed E-state index contributed by atoms with van der Waals surface area (Å²) in [6.45, 7) is 6.81. The van der Waals surface area contributed by atoms with E-state index in [2.05, 4.69) is 19.9 Å². The molecule has 3 aromatic rings. The average Bonchev–Trinajstić information content (AvgIpc) is 2.73. The molecule has 0 aliphatic carbocycles. The maximum atomic E-state index is 13.7. The van der Waals surface area contributed by atoms with Gasteiger partial charge < -0.3 is 5.11 Å². The smallest absolute Gasteiger partial charge is 0.262 e. The lowest BCUT2D eigenvalue weighted by Crippen LogP contribution is -2.26. The summed E-state index contributed by atoms with van der Waals surface area (Å²) in [7, 11) is 0. The van der Waals surface area contributed by atoms with Crippen LogP contribution in [0.2, 0.25) is 0 Å². The molecule has 3 rings (SSSR count). The number of aromatic nitrogens is 2. The van der Waals surface area contributed by atoms with Crippen molar-refractivity contribution < 1.29 is 5.11 Å². The molecule has 0 spiro atoms. The Hall–Kier alpha value is -2.88. The molecule has 4 nitrogen and oxygen atoms in total. The number of para-hydroxylation sites is 1. The van der Waals surface area contributed by atoms with Crippen molar-refractivity contribution in [1.29, 1.82) is 0 Å². The number of unbranched alkanes of at least 4 members (excludes halogenated alkanes) is 3. The van der Waals surface area contributed by atoms with Crippen LogP contribution in [0.3, 0.4) is 0 Å². The standard InChI is InChI=1S/C25H30N2O2/c1-4-6-7-12-17-27-18(3)26-24(21-15-10-11-16-22(21)28)23(25(27)29)20-14-9-8-13-19(20)5-2/h8-11,13-16,28H,4-7,12,17H2,1-3H3. The predicted molar refractivity (Wildman–Crippen MR) is 119 cm³/mol. The highest BCUT2D eigenvalue weighted by Gasteiger charge is 2.21. The minimum absolute atomic E-state index is 0.0341. The Bertz CT molecular complexity index is 1040. The van der Waals surface area contributed by atoms with E-state index >= 15 is 0 Å². The normalized spacial score (nSPS) is 11.0. The molecule has 0 aliphatic rings. The van der Waals surface area contributed by atoms with E-state index in [0.29, 0.717) is 29.2 Å². The Morgan fingerprint density at radius 3 is 2.31 bits per heavy atom. The molecule has 0 aliphatic heterocycles. The van der Waals surface area contributed by atoms with Crippen molar-refractivity contribution in [3.05, 3.63) is 70.3 Å². The van der Waals surface area contributed by atoms with Crippen LogP contribution < -0.4 is 5.56 Å². The van der Waals surface area contributed by atoms with Gasteiger partial charge in [0.05, 0.1) is 11.3 Å². The van der Waals surface area contributed by atoms with Crippen LogP contribution in [0.15, 0.2) is 53.3 Å². The number of aromatic hydroxyl groups is 1. The van der Waals surface area contributed by atoms with Gasteiger partial charge >= 0.3 is 0 Å². The lowest BCUT2D eigenvalue weighted by Gasteiger charge is -2.18. The summed E-state index contributed by atoms with van der Waals surface area (Å²) in [5.74, 6) is 0.817. The maximum Gasteiger partial charge on any atom is 0.262 e. The van der Waals surface area contributed by atoms with Gasteiger partial charge in [0.2, 0.25) is 0 Å². The molecular weight excluding hydrogens is 360 g/mol. The Kier molecular flexibility index (Phi) is 6.86. The van der Waals surface area contributed by atoms with Crippen LogP contribution >= 0.6 is 0 Å². The average molecular weight is 391 g/mol. The van der Waals surface area contributed by atoms with Gasteiger partial charge in [0, 0.05) is 12.1 Å². The van der Waals surface area contributed by atoms with Crippen LogP contribution in [-0.2, 0) is 13.0 Å². The summed E-state index contributed by atoms with van der Waals surface area (Å²) in [6.07, 6.45) is 5.21. The molecule has 0 saturated heterocycles. The molecule has 0 saturated carbocycles. The topological polar surface area (TPSA) is 55.1 Å². The lowest BCUT2D eigenvalue weighted by molar-refractivity contribution is 0.477. The van der Waals surface area contributed by atoms with Crippen LogP contribution in [0.1, 0.15) is 50.9 Å². The molecular formula is C25H30N2O2. The quantitative estimate of drug-likeness (QED) is 0.499.